The zero-order valence-electron chi connectivity index (χ0n) is 10.3. The van der Waals surface area contributed by atoms with E-state index in [1.807, 2.05) is 0 Å². The second-order valence-corrected chi connectivity index (χ2v) is 5.73. The van der Waals surface area contributed by atoms with Crippen LogP contribution in [0.2, 0.25) is 0 Å². The second kappa shape index (κ2) is 4.84. The van der Waals surface area contributed by atoms with Crippen LogP contribution in [-0.2, 0) is 0 Å². The molecule has 0 bridgehead atoms. The van der Waals surface area contributed by atoms with Crippen molar-refractivity contribution in [2.75, 3.05) is 13.1 Å². The summed E-state index contributed by atoms with van der Waals surface area (Å²) in [5, 5.41) is 0. The first-order chi connectivity index (χ1) is 7.22. The standard InChI is InChI=1S/C13H26N2/c1-10(2)15(9-11-6-7-11)13-5-3-4-12(13)8-14/h10-13H,3-9,14H2,1-2H3. The molecule has 2 rings (SSSR count). The first kappa shape index (κ1) is 11.4. The van der Waals surface area contributed by atoms with E-state index in [1.54, 1.807) is 0 Å². The van der Waals surface area contributed by atoms with Crippen molar-refractivity contribution < 1.29 is 0 Å². The molecule has 2 aliphatic rings. The van der Waals surface area contributed by atoms with Crippen LogP contribution in [0, 0.1) is 11.8 Å². The van der Waals surface area contributed by atoms with Crippen LogP contribution in [0.3, 0.4) is 0 Å². The Bertz CT molecular complexity index is 199. The smallest absolute Gasteiger partial charge is 0.0138 e. The Morgan fingerprint density at radius 1 is 1.20 bits per heavy atom. The topological polar surface area (TPSA) is 29.3 Å². The fourth-order valence-electron chi connectivity index (χ4n) is 3.06. The fourth-order valence-corrected chi connectivity index (χ4v) is 3.06. The van der Waals surface area contributed by atoms with E-state index in [4.69, 9.17) is 5.73 Å². The van der Waals surface area contributed by atoms with Gasteiger partial charge in [0.2, 0.25) is 0 Å². The molecule has 2 fully saturated rings. The molecule has 0 radical (unpaired) electrons. The van der Waals surface area contributed by atoms with Crippen molar-refractivity contribution in [1.82, 2.24) is 4.90 Å². The van der Waals surface area contributed by atoms with Crippen LogP contribution in [0.5, 0.6) is 0 Å². The van der Waals surface area contributed by atoms with Gasteiger partial charge in [0.1, 0.15) is 0 Å². The molecule has 0 aromatic rings. The molecule has 2 nitrogen and oxygen atoms in total. The second-order valence-electron chi connectivity index (χ2n) is 5.73. The van der Waals surface area contributed by atoms with Crippen molar-refractivity contribution in [1.29, 1.82) is 0 Å². The minimum absolute atomic E-state index is 0.697. The summed E-state index contributed by atoms with van der Waals surface area (Å²) >= 11 is 0. The van der Waals surface area contributed by atoms with E-state index in [-0.39, 0.29) is 0 Å². The minimum Gasteiger partial charge on any atom is -0.330 e. The highest BCUT2D eigenvalue weighted by atomic mass is 15.2. The summed E-state index contributed by atoms with van der Waals surface area (Å²) in [6.07, 6.45) is 7.05. The summed E-state index contributed by atoms with van der Waals surface area (Å²) < 4.78 is 0. The van der Waals surface area contributed by atoms with Crippen molar-refractivity contribution in [3.8, 4) is 0 Å². The molecule has 88 valence electrons. The molecule has 2 aliphatic carbocycles. The monoisotopic (exact) mass is 210 g/mol. The Morgan fingerprint density at radius 3 is 2.47 bits per heavy atom. The van der Waals surface area contributed by atoms with E-state index in [0.717, 1.165) is 24.4 Å². The minimum atomic E-state index is 0.697. The van der Waals surface area contributed by atoms with Crippen molar-refractivity contribution in [3.63, 3.8) is 0 Å². The van der Waals surface area contributed by atoms with Gasteiger partial charge < -0.3 is 5.73 Å². The highest BCUT2D eigenvalue weighted by Gasteiger charge is 2.35. The molecule has 15 heavy (non-hydrogen) atoms. The van der Waals surface area contributed by atoms with Gasteiger partial charge in [-0.15, -0.1) is 0 Å². The zero-order valence-corrected chi connectivity index (χ0v) is 10.3. The third kappa shape index (κ3) is 2.73. The maximum Gasteiger partial charge on any atom is 0.0138 e. The quantitative estimate of drug-likeness (QED) is 0.754. The first-order valence-electron chi connectivity index (χ1n) is 6.68. The summed E-state index contributed by atoms with van der Waals surface area (Å²) in [6, 6.07) is 1.48. The van der Waals surface area contributed by atoms with Gasteiger partial charge >= 0.3 is 0 Å². The highest BCUT2D eigenvalue weighted by molar-refractivity contribution is 4.90. The molecule has 0 amide bonds. The lowest BCUT2D eigenvalue weighted by atomic mass is 10.0. The van der Waals surface area contributed by atoms with Gasteiger partial charge in [-0.05, 0) is 57.9 Å². The van der Waals surface area contributed by atoms with Gasteiger partial charge in [-0.1, -0.05) is 6.42 Å². The van der Waals surface area contributed by atoms with Gasteiger partial charge in [0.25, 0.3) is 0 Å². The average molecular weight is 210 g/mol. The summed E-state index contributed by atoms with van der Waals surface area (Å²) in [6.45, 7) is 6.90. The van der Waals surface area contributed by atoms with Gasteiger partial charge in [0, 0.05) is 18.6 Å². The van der Waals surface area contributed by atoms with E-state index >= 15 is 0 Å². The Morgan fingerprint density at radius 2 is 1.93 bits per heavy atom. The number of rotatable bonds is 5. The van der Waals surface area contributed by atoms with Crippen molar-refractivity contribution in [2.24, 2.45) is 17.6 Å². The summed E-state index contributed by atoms with van der Waals surface area (Å²) in [5.74, 6) is 1.78. The Balaban J connectivity index is 1.95. The van der Waals surface area contributed by atoms with E-state index in [1.165, 1.54) is 38.6 Å². The molecule has 0 aliphatic heterocycles. The van der Waals surface area contributed by atoms with Crippen molar-refractivity contribution in [2.45, 2.75) is 58.0 Å². The molecule has 2 atom stereocenters. The molecule has 2 heteroatoms. The molecule has 0 aromatic heterocycles. The molecule has 2 unspecified atom stereocenters. The molecule has 0 saturated heterocycles. The van der Waals surface area contributed by atoms with Crippen LogP contribution in [0.4, 0.5) is 0 Å². The Kier molecular flexibility index (Phi) is 3.68. The van der Waals surface area contributed by atoms with E-state index < -0.39 is 0 Å². The third-order valence-corrected chi connectivity index (χ3v) is 4.18. The van der Waals surface area contributed by atoms with Crippen LogP contribution in [0.25, 0.3) is 0 Å². The molecule has 2 N–H and O–H groups in total. The lowest BCUT2D eigenvalue weighted by Gasteiger charge is -2.36. The van der Waals surface area contributed by atoms with E-state index in [2.05, 4.69) is 18.7 Å². The summed E-state index contributed by atoms with van der Waals surface area (Å²) in [5.41, 5.74) is 5.88. The fraction of sp³-hybridized carbons (Fsp3) is 1.00. The molecule has 0 heterocycles. The maximum atomic E-state index is 5.88. The van der Waals surface area contributed by atoms with Crippen LogP contribution >= 0.6 is 0 Å². The number of nitrogens with zero attached hydrogens (tertiary/aromatic N) is 1. The van der Waals surface area contributed by atoms with Crippen LogP contribution in [-0.4, -0.2) is 30.1 Å². The van der Waals surface area contributed by atoms with Crippen molar-refractivity contribution >= 4 is 0 Å². The van der Waals surface area contributed by atoms with E-state index in [0.29, 0.717) is 6.04 Å². The number of nitrogens with two attached hydrogens (primary N) is 1. The normalized spacial score (nSPS) is 31.8. The molecular weight excluding hydrogens is 184 g/mol. The Hall–Kier alpha value is -0.0800. The first-order valence-corrected chi connectivity index (χ1v) is 6.68. The molecule has 2 saturated carbocycles. The molecule has 0 spiro atoms. The van der Waals surface area contributed by atoms with Crippen LogP contribution in [0.1, 0.15) is 46.0 Å². The average Bonchev–Trinajstić information content (AvgIpc) is 2.91. The van der Waals surface area contributed by atoms with Gasteiger partial charge in [-0.2, -0.15) is 0 Å². The Labute approximate surface area is 94.2 Å². The third-order valence-electron chi connectivity index (χ3n) is 4.18. The number of hydrogen-bond acceptors (Lipinski definition) is 2. The van der Waals surface area contributed by atoms with Gasteiger partial charge in [0.15, 0.2) is 0 Å². The molecular formula is C13H26N2. The predicted molar refractivity (Wildman–Crippen MR) is 64.7 cm³/mol. The SMILES string of the molecule is CC(C)N(CC1CC1)C1CCCC1CN. The highest BCUT2D eigenvalue weighted by Crippen LogP contribution is 2.35. The van der Waals surface area contributed by atoms with E-state index in [9.17, 15) is 0 Å². The molecule has 0 aromatic carbocycles. The zero-order chi connectivity index (χ0) is 10.8. The lowest BCUT2D eigenvalue weighted by molar-refractivity contribution is 0.118. The van der Waals surface area contributed by atoms with Crippen LogP contribution in [0.15, 0.2) is 0 Å². The van der Waals surface area contributed by atoms with Gasteiger partial charge in [-0.25, -0.2) is 0 Å². The predicted octanol–water partition coefficient (Wildman–Crippen LogP) is 2.23. The maximum absolute atomic E-state index is 5.88. The van der Waals surface area contributed by atoms with Gasteiger partial charge in [0.05, 0.1) is 0 Å². The largest absolute Gasteiger partial charge is 0.330 e. The lowest BCUT2D eigenvalue weighted by Crippen LogP contribution is -2.45. The van der Waals surface area contributed by atoms with Gasteiger partial charge in [-0.3, -0.25) is 4.90 Å². The summed E-state index contributed by atoms with van der Waals surface area (Å²) in [4.78, 5) is 2.74. The van der Waals surface area contributed by atoms with Crippen LogP contribution < -0.4 is 5.73 Å². The summed E-state index contributed by atoms with van der Waals surface area (Å²) in [7, 11) is 0. The number of hydrogen-bond donors (Lipinski definition) is 1. The van der Waals surface area contributed by atoms with Crippen molar-refractivity contribution in [3.05, 3.63) is 0 Å².